The average molecular weight is 274 g/mol. The summed E-state index contributed by atoms with van der Waals surface area (Å²) >= 11 is 0. The molecule has 1 saturated heterocycles. The maximum atomic E-state index is 12.3. The van der Waals surface area contributed by atoms with Crippen LogP contribution in [0.1, 0.15) is 28.8 Å². The van der Waals surface area contributed by atoms with Crippen molar-refractivity contribution in [1.29, 1.82) is 5.26 Å². The Morgan fingerprint density at radius 3 is 2.55 bits per heavy atom. The van der Waals surface area contributed by atoms with Crippen LogP contribution in [-0.4, -0.2) is 48.3 Å². The van der Waals surface area contributed by atoms with Crippen molar-refractivity contribution >= 4 is 5.91 Å². The maximum Gasteiger partial charge on any atom is 0.253 e. The van der Waals surface area contributed by atoms with Crippen LogP contribution in [0, 0.1) is 11.3 Å². The van der Waals surface area contributed by atoms with Crippen molar-refractivity contribution < 1.29 is 14.6 Å². The highest BCUT2D eigenvalue weighted by Gasteiger charge is 2.23. The van der Waals surface area contributed by atoms with E-state index in [1.54, 1.807) is 29.2 Å². The van der Waals surface area contributed by atoms with Crippen molar-refractivity contribution in [2.75, 3.05) is 26.3 Å². The van der Waals surface area contributed by atoms with Gasteiger partial charge in [-0.25, -0.2) is 0 Å². The molecule has 1 N–H and O–H groups in total. The summed E-state index contributed by atoms with van der Waals surface area (Å²) in [7, 11) is 0. The number of aliphatic hydroxyl groups is 1. The van der Waals surface area contributed by atoms with Crippen LogP contribution < -0.4 is 0 Å². The summed E-state index contributed by atoms with van der Waals surface area (Å²) in [5.74, 6) is -0.00454. The molecular formula is C15H18N2O3. The zero-order valence-electron chi connectivity index (χ0n) is 11.3. The largest absolute Gasteiger partial charge is 0.394 e. The van der Waals surface area contributed by atoms with Crippen LogP contribution in [0.5, 0.6) is 0 Å². The number of carbonyl (C=O) groups excluding carboxylic acids is 1. The van der Waals surface area contributed by atoms with E-state index in [1.165, 1.54) is 0 Å². The Morgan fingerprint density at radius 2 is 2.00 bits per heavy atom. The van der Waals surface area contributed by atoms with Crippen molar-refractivity contribution in [3.8, 4) is 6.07 Å². The van der Waals surface area contributed by atoms with Gasteiger partial charge in [-0.1, -0.05) is 0 Å². The molecule has 1 amide bonds. The number of hydrogen-bond acceptors (Lipinski definition) is 4. The van der Waals surface area contributed by atoms with E-state index in [4.69, 9.17) is 15.1 Å². The summed E-state index contributed by atoms with van der Waals surface area (Å²) in [6, 6.07) is 8.73. The summed E-state index contributed by atoms with van der Waals surface area (Å²) in [5, 5.41) is 17.5. The summed E-state index contributed by atoms with van der Waals surface area (Å²) in [6.07, 6.45) is 1.72. The minimum atomic E-state index is -0.00454. The van der Waals surface area contributed by atoms with Crippen LogP contribution in [0.2, 0.25) is 0 Å². The lowest BCUT2D eigenvalue weighted by molar-refractivity contribution is -0.00554. The number of piperidine rings is 1. The second kappa shape index (κ2) is 7.04. The van der Waals surface area contributed by atoms with E-state index in [1.807, 2.05) is 6.07 Å². The molecule has 0 aliphatic carbocycles. The number of amides is 1. The zero-order valence-corrected chi connectivity index (χ0v) is 11.3. The number of nitrogens with zero attached hydrogens (tertiary/aromatic N) is 2. The van der Waals surface area contributed by atoms with Gasteiger partial charge in [0.1, 0.15) is 0 Å². The van der Waals surface area contributed by atoms with Gasteiger partial charge in [-0.3, -0.25) is 4.79 Å². The van der Waals surface area contributed by atoms with Gasteiger partial charge < -0.3 is 14.7 Å². The van der Waals surface area contributed by atoms with Crippen LogP contribution in [0.3, 0.4) is 0 Å². The van der Waals surface area contributed by atoms with E-state index in [-0.39, 0.29) is 18.6 Å². The van der Waals surface area contributed by atoms with Gasteiger partial charge in [-0.15, -0.1) is 0 Å². The molecule has 0 spiro atoms. The average Bonchev–Trinajstić information content (AvgIpc) is 2.53. The molecule has 0 bridgehead atoms. The minimum Gasteiger partial charge on any atom is -0.394 e. The first-order valence-corrected chi connectivity index (χ1v) is 6.76. The second-order valence-electron chi connectivity index (χ2n) is 4.78. The van der Waals surface area contributed by atoms with Gasteiger partial charge in [0.05, 0.1) is 31.0 Å². The fourth-order valence-electron chi connectivity index (χ4n) is 2.31. The molecule has 0 aromatic heterocycles. The van der Waals surface area contributed by atoms with Crippen molar-refractivity contribution in [2.45, 2.75) is 18.9 Å². The SMILES string of the molecule is N#Cc1ccc(C(=O)N2CCC(OCCO)CC2)cc1. The predicted molar refractivity (Wildman–Crippen MR) is 73.1 cm³/mol. The molecule has 1 aromatic rings. The van der Waals surface area contributed by atoms with Crippen LogP contribution in [-0.2, 0) is 4.74 Å². The highest BCUT2D eigenvalue weighted by Crippen LogP contribution is 2.16. The predicted octanol–water partition coefficient (Wildman–Crippen LogP) is 1.17. The van der Waals surface area contributed by atoms with E-state index >= 15 is 0 Å². The highest BCUT2D eigenvalue weighted by atomic mass is 16.5. The molecule has 0 radical (unpaired) electrons. The molecule has 5 nitrogen and oxygen atoms in total. The van der Waals surface area contributed by atoms with Crippen LogP contribution in [0.15, 0.2) is 24.3 Å². The quantitative estimate of drug-likeness (QED) is 0.894. The topological polar surface area (TPSA) is 73.6 Å². The summed E-state index contributed by atoms with van der Waals surface area (Å²) < 4.78 is 5.47. The number of benzene rings is 1. The molecule has 1 aromatic carbocycles. The monoisotopic (exact) mass is 274 g/mol. The first-order chi connectivity index (χ1) is 9.74. The van der Waals surface area contributed by atoms with Crippen molar-refractivity contribution in [1.82, 2.24) is 4.90 Å². The Bertz CT molecular complexity index is 485. The van der Waals surface area contributed by atoms with Crippen LogP contribution in [0.4, 0.5) is 0 Å². The Hall–Kier alpha value is -1.90. The standard InChI is InChI=1S/C15H18N2O3/c16-11-12-1-3-13(4-2-12)15(19)17-7-5-14(6-8-17)20-10-9-18/h1-4,14,18H,5-10H2. The summed E-state index contributed by atoms with van der Waals surface area (Å²) in [5.41, 5.74) is 1.16. The van der Waals surface area contributed by atoms with Crippen LogP contribution >= 0.6 is 0 Å². The van der Waals surface area contributed by atoms with Crippen molar-refractivity contribution in [3.63, 3.8) is 0 Å². The fraction of sp³-hybridized carbons (Fsp3) is 0.467. The number of aliphatic hydroxyl groups excluding tert-OH is 1. The third kappa shape index (κ3) is 3.56. The van der Waals surface area contributed by atoms with Gasteiger partial charge in [0, 0.05) is 18.7 Å². The molecule has 106 valence electrons. The lowest BCUT2D eigenvalue weighted by Crippen LogP contribution is -2.41. The Labute approximate surface area is 118 Å². The molecule has 0 atom stereocenters. The van der Waals surface area contributed by atoms with E-state index in [0.717, 1.165) is 12.8 Å². The van der Waals surface area contributed by atoms with Crippen LogP contribution in [0.25, 0.3) is 0 Å². The molecule has 1 aliphatic heterocycles. The van der Waals surface area contributed by atoms with Gasteiger partial charge in [0.25, 0.3) is 5.91 Å². The smallest absolute Gasteiger partial charge is 0.253 e. The molecule has 20 heavy (non-hydrogen) atoms. The third-order valence-electron chi connectivity index (χ3n) is 3.43. The number of ether oxygens (including phenoxy) is 1. The Balaban J connectivity index is 1.89. The van der Waals surface area contributed by atoms with Gasteiger partial charge in [-0.2, -0.15) is 5.26 Å². The zero-order chi connectivity index (χ0) is 14.4. The van der Waals surface area contributed by atoms with Crippen molar-refractivity contribution in [2.24, 2.45) is 0 Å². The lowest BCUT2D eigenvalue weighted by Gasteiger charge is -2.32. The number of hydrogen-bond donors (Lipinski definition) is 1. The molecule has 1 aliphatic rings. The van der Waals surface area contributed by atoms with Gasteiger partial charge in [-0.05, 0) is 37.1 Å². The highest BCUT2D eigenvalue weighted by molar-refractivity contribution is 5.94. The van der Waals surface area contributed by atoms with E-state index in [2.05, 4.69) is 0 Å². The van der Waals surface area contributed by atoms with Gasteiger partial charge in [0.15, 0.2) is 0 Å². The second-order valence-corrected chi connectivity index (χ2v) is 4.78. The minimum absolute atomic E-state index is 0.00454. The third-order valence-corrected chi connectivity index (χ3v) is 3.43. The normalized spacial score (nSPS) is 15.9. The van der Waals surface area contributed by atoms with Crippen molar-refractivity contribution in [3.05, 3.63) is 35.4 Å². The lowest BCUT2D eigenvalue weighted by atomic mass is 10.1. The molecule has 2 rings (SSSR count). The van der Waals surface area contributed by atoms with Gasteiger partial charge in [0.2, 0.25) is 0 Å². The number of nitriles is 1. The van der Waals surface area contributed by atoms with E-state index in [9.17, 15) is 4.79 Å². The van der Waals surface area contributed by atoms with E-state index < -0.39 is 0 Å². The molecule has 0 unspecified atom stereocenters. The molecule has 5 heteroatoms. The van der Waals surface area contributed by atoms with Gasteiger partial charge >= 0.3 is 0 Å². The summed E-state index contributed by atoms with van der Waals surface area (Å²) in [6.45, 7) is 1.71. The van der Waals surface area contributed by atoms with E-state index in [0.29, 0.717) is 30.8 Å². The first-order valence-electron chi connectivity index (χ1n) is 6.76. The first kappa shape index (κ1) is 14.5. The molecule has 1 heterocycles. The number of likely N-dealkylation sites (tertiary alicyclic amines) is 1. The number of rotatable bonds is 4. The summed E-state index contributed by atoms with van der Waals surface area (Å²) in [4.78, 5) is 14.1. The molecule has 0 saturated carbocycles. The Kier molecular flexibility index (Phi) is 5.10. The number of carbonyl (C=O) groups is 1. The maximum absolute atomic E-state index is 12.3. The molecular weight excluding hydrogens is 256 g/mol. The fourth-order valence-corrected chi connectivity index (χ4v) is 2.31. The Morgan fingerprint density at radius 1 is 1.35 bits per heavy atom. The molecule has 1 fully saturated rings.